The molecule has 16 heteroatoms. The maximum Gasteiger partial charge on any atom is 0.586 e. The summed E-state index contributed by atoms with van der Waals surface area (Å²) in [5.74, 6) is -7.81. The average molecular weight is 545 g/mol. The van der Waals surface area contributed by atoms with Crippen LogP contribution >= 0.6 is 0 Å². The number of alkyl halides is 5. The summed E-state index contributed by atoms with van der Waals surface area (Å²) in [5.41, 5.74) is 4.50. The zero-order valence-electron chi connectivity index (χ0n) is 18.7. The fourth-order valence-corrected chi connectivity index (χ4v) is 3.19. The molecular formula is C22H13F6N3O7. The Morgan fingerprint density at radius 2 is 1.68 bits per heavy atom. The first kappa shape index (κ1) is 26.2. The van der Waals surface area contributed by atoms with Crippen LogP contribution in [0.3, 0.4) is 0 Å². The lowest BCUT2D eigenvalue weighted by Crippen LogP contribution is -2.25. The van der Waals surface area contributed by atoms with E-state index < -0.39 is 70.3 Å². The summed E-state index contributed by atoms with van der Waals surface area (Å²) in [6.07, 6.45) is -8.15. The highest BCUT2D eigenvalue weighted by Crippen LogP contribution is 2.47. The van der Waals surface area contributed by atoms with Crippen LogP contribution in [-0.4, -0.2) is 36.6 Å². The fraction of sp³-hybridized carbons (Fsp3) is 0.136. The number of benzene rings is 2. The molecule has 200 valence electrons. The number of nitrogens with two attached hydrogens (primary N) is 1. The number of amides is 2. The molecule has 0 fully saturated rings. The third-order valence-corrected chi connectivity index (χ3v) is 4.69. The van der Waals surface area contributed by atoms with Crippen molar-refractivity contribution in [2.75, 3.05) is 12.4 Å². The Labute approximate surface area is 207 Å². The second-order valence-corrected chi connectivity index (χ2v) is 7.27. The van der Waals surface area contributed by atoms with Crippen LogP contribution in [0.5, 0.6) is 34.5 Å². The van der Waals surface area contributed by atoms with Crippen molar-refractivity contribution < 1.29 is 59.6 Å². The SMILES string of the molecule is COc1c(Oc2cc3c(cc2C(=O)Nc2ccnc(C(N)=O)c2)OC(F)(F)O3)ccc(OC(F)(F)F)c1F. The molecule has 0 atom stereocenters. The normalized spacial score (nSPS) is 13.6. The number of hydrogen-bond acceptors (Lipinski definition) is 8. The Balaban J connectivity index is 1.74. The lowest BCUT2D eigenvalue weighted by molar-refractivity contribution is -0.286. The van der Waals surface area contributed by atoms with Crippen molar-refractivity contribution in [2.45, 2.75) is 12.7 Å². The molecule has 0 spiro atoms. The molecule has 3 aromatic rings. The predicted molar refractivity (Wildman–Crippen MR) is 113 cm³/mol. The van der Waals surface area contributed by atoms with Gasteiger partial charge in [0.05, 0.1) is 12.7 Å². The van der Waals surface area contributed by atoms with Gasteiger partial charge in [0, 0.05) is 24.0 Å². The Morgan fingerprint density at radius 1 is 1.03 bits per heavy atom. The third kappa shape index (κ3) is 5.58. The molecule has 0 bridgehead atoms. The highest BCUT2D eigenvalue weighted by Gasteiger charge is 2.44. The number of methoxy groups -OCH3 is 1. The minimum absolute atomic E-state index is 0.0185. The van der Waals surface area contributed by atoms with E-state index in [0.29, 0.717) is 6.07 Å². The molecule has 0 radical (unpaired) electrons. The number of carbonyl (C=O) groups is 2. The first-order valence-electron chi connectivity index (χ1n) is 10.1. The van der Waals surface area contributed by atoms with Gasteiger partial charge >= 0.3 is 12.7 Å². The lowest BCUT2D eigenvalue weighted by atomic mass is 10.1. The van der Waals surface area contributed by atoms with E-state index in [1.807, 2.05) is 0 Å². The standard InChI is InChI=1S/C22H13F6N3O7/c1-34-18-13(3-2-12(17(18)23)36-21(24,25)26)35-14-8-16-15(37-22(27,28)38-16)7-10(14)20(33)31-9-4-5-30-11(6-9)19(29)32/h2-8H,1H3,(H2,29,32)(H,30,31,33). The second-order valence-electron chi connectivity index (χ2n) is 7.27. The van der Waals surface area contributed by atoms with Crippen molar-refractivity contribution in [1.29, 1.82) is 0 Å². The molecule has 1 aliphatic heterocycles. The van der Waals surface area contributed by atoms with E-state index in [9.17, 15) is 35.9 Å². The molecule has 0 saturated carbocycles. The number of carbonyl (C=O) groups excluding carboxylic acids is 2. The number of nitrogens with zero attached hydrogens (tertiary/aromatic N) is 1. The molecule has 2 aromatic carbocycles. The largest absolute Gasteiger partial charge is 0.586 e. The van der Waals surface area contributed by atoms with E-state index in [2.05, 4.69) is 24.5 Å². The monoisotopic (exact) mass is 545 g/mol. The van der Waals surface area contributed by atoms with Crippen LogP contribution in [0.1, 0.15) is 20.8 Å². The number of aromatic nitrogens is 1. The zero-order valence-corrected chi connectivity index (χ0v) is 18.7. The zero-order chi connectivity index (χ0) is 27.8. The van der Waals surface area contributed by atoms with Gasteiger partial charge in [0.2, 0.25) is 11.6 Å². The van der Waals surface area contributed by atoms with Gasteiger partial charge in [0.15, 0.2) is 23.0 Å². The lowest BCUT2D eigenvalue weighted by Gasteiger charge is -2.17. The van der Waals surface area contributed by atoms with Gasteiger partial charge in [-0.05, 0) is 24.3 Å². The van der Waals surface area contributed by atoms with Gasteiger partial charge in [-0.2, -0.15) is 4.39 Å². The highest BCUT2D eigenvalue weighted by molar-refractivity contribution is 6.07. The van der Waals surface area contributed by atoms with E-state index in [-0.39, 0.29) is 11.4 Å². The van der Waals surface area contributed by atoms with Gasteiger partial charge < -0.3 is 34.7 Å². The molecule has 1 aromatic heterocycles. The van der Waals surface area contributed by atoms with Crippen molar-refractivity contribution in [1.82, 2.24) is 4.98 Å². The molecule has 2 heterocycles. The summed E-state index contributed by atoms with van der Waals surface area (Å²) in [6, 6.07) is 5.43. The van der Waals surface area contributed by atoms with Crippen LogP contribution in [0.25, 0.3) is 0 Å². The number of anilines is 1. The molecular weight excluding hydrogens is 532 g/mol. The summed E-state index contributed by atoms with van der Waals surface area (Å²) in [7, 11) is 0.913. The number of primary amides is 1. The van der Waals surface area contributed by atoms with Crippen molar-refractivity contribution in [3.05, 3.63) is 59.7 Å². The van der Waals surface area contributed by atoms with Crippen LogP contribution in [-0.2, 0) is 0 Å². The Hall–Kier alpha value is -4.89. The van der Waals surface area contributed by atoms with Gasteiger partial charge in [-0.15, -0.1) is 22.0 Å². The minimum Gasteiger partial charge on any atom is -0.490 e. The van der Waals surface area contributed by atoms with Gasteiger partial charge in [-0.3, -0.25) is 14.6 Å². The number of pyridine rings is 1. The number of fused-ring (bicyclic) bond motifs is 1. The van der Waals surface area contributed by atoms with E-state index in [4.69, 9.17) is 15.2 Å². The number of ether oxygens (including phenoxy) is 5. The Kier molecular flexibility index (Phi) is 6.56. The van der Waals surface area contributed by atoms with Crippen molar-refractivity contribution in [3.63, 3.8) is 0 Å². The van der Waals surface area contributed by atoms with E-state index in [0.717, 1.165) is 37.6 Å². The van der Waals surface area contributed by atoms with Crippen LogP contribution in [0.2, 0.25) is 0 Å². The Bertz CT molecular complexity index is 1430. The molecule has 0 unspecified atom stereocenters. The molecule has 0 saturated heterocycles. The molecule has 2 amide bonds. The van der Waals surface area contributed by atoms with Crippen LogP contribution in [0.15, 0.2) is 42.6 Å². The molecule has 1 aliphatic rings. The van der Waals surface area contributed by atoms with Gasteiger partial charge in [0.25, 0.3) is 11.8 Å². The number of nitrogens with one attached hydrogen (secondary N) is 1. The molecule has 38 heavy (non-hydrogen) atoms. The predicted octanol–water partition coefficient (Wildman–Crippen LogP) is 4.59. The average Bonchev–Trinajstić information content (AvgIpc) is 3.12. The van der Waals surface area contributed by atoms with Crippen molar-refractivity contribution >= 4 is 17.5 Å². The molecule has 10 nitrogen and oxygen atoms in total. The topological polar surface area (TPSA) is 131 Å². The van der Waals surface area contributed by atoms with Crippen LogP contribution < -0.4 is 34.7 Å². The Morgan fingerprint density at radius 3 is 2.32 bits per heavy atom. The van der Waals surface area contributed by atoms with Gasteiger partial charge in [-0.25, -0.2) is 0 Å². The number of hydrogen-bond donors (Lipinski definition) is 2. The van der Waals surface area contributed by atoms with Crippen molar-refractivity contribution in [3.8, 4) is 34.5 Å². The molecule has 4 rings (SSSR count). The van der Waals surface area contributed by atoms with Crippen LogP contribution in [0, 0.1) is 5.82 Å². The van der Waals surface area contributed by atoms with E-state index in [1.165, 1.54) is 6.07 Å². The minimum atomic E-state index is -5.22. The fourth-order valence-electron chi connectivity index (χ4n) is 3.19. The summed E-state index contributed by atoms with van der Waals surface area (Å²) >= 11 is 0. The number of halogens is 6. The maximum absolute atomic E-state index is 14.6. The first-order valence-corrected chi connectivity index (χ1v) is 10.1. The van der Waals surface area contributed by atoms with Crippen molar-refractivity contribution in [2.24, 2.45) is 5.73 Å². The number of rotatable bonds is 7. The van der Waals surface area contributed by atoms with Gasteiger partial charge in [0.1, 0.15) is 11.4 Å². The van der Waals surface area contributed by atoms with E-state index in [1.54, 1.807) is 0 Å². The van der Waals surface area contributed by atoms with E-state index >= 15 is 0 Å². The summed E-state index contributed by atoms with van der Waals surface area (Å²) < 4.78 is 102. The maximum atomic E-state index is 14.6. The summed E-state index contributed by atoms with van der Waals surface area (Å²) in [4.78, 5) is 28.1. The molecule has 0 aliphatic carbocycles. The molecule has 3 N–H and O–H groups in total. The second kappa shape index (κ2) is 9.53. The summed E-state index contributed by atoms with van der Waals surface area (Å²) in [6.45, 7) is 0. The summed E-state index contributed by atoms with van der Waals surface area (Å²) in [5, 5.41) is 2.37. The van der Waals surface area contributed by atoms with Gasteiger partial charge in [-0.1, -0.05) is 0 Å². The van der Waals surface area contributed by atoms with Crippen LogP contribution in [0.4, 0.5) is 32.0 Å². The first-order chi connectivity index (χ1) is 17.8. The highest BCUT2D eigenvalue weighted by atomic mass is 19.4. The quantitative estimate of drug-likeness (QED) is 0.412. The smallest absolute Gasteiger partial charge is 0.490 e. The third-order valence-electron chi connectivity index (χ3n) is 4.69.